The van der Waals surface area contributed by atoms with Crippen LogP contribution in [0.4, 0.5) is 13.2 Å². The molecule has 84 valence electrons. The van der Waals surface area contributed by atoms with Gasteiger partial charge >= 0.3 is 12.1 Å². The number of alkyl halides is 3. The smallest absolute Gasteiger partial charge is 0.417 e. The van der Waals surface area contributed by atoms with Gasteiger partial charge in [-0.1, -0.05) is 6.07 Å². The second-order valence-electron chi connectivity index (χ2n) is 2.83. The van der Waals surface area contributed by atoms with E-state index >= 15 is 0 Å². The van der Waals surface area contributed by atoms with E-state index in [2.05, 4.69) is 4.74 Å². The van der Waals surface area contributed by atoms with Crippen molar-refractivity contribution in [1.29, 1.82) is 5.26 Å². The summed E-state index contributed by atoms with van der Waals surface area (Å²) in [6.45, 7) is 0. The number of ether oxygens (including phenoxy) is 1. The molecule has 0 aliphatic rings. The molecule has 0 unspecified atom stereocenters. The van der Waals surface area contributed by atoms with Crippen LogP contribution in [0.15, 0.2) is 18.2 Å². The predicted molar refractivity (Wildman–Crippen MR) is 47.5 cm³/mol. The molecule has 0 fully saturated rings. The first-order chi connectivity index (χ1) is 7.41. The van der Waals surface area contributed by atoms with Crippen molar-refractivity contribution < 1.29 is 22.7 Å². The lowest BCUT2D eigenvalue weighted by Gasteiger charge is -2.11. The Morgan fingerprint density at radius 1 is 1.44 bits per heavy atom. The molecule has 0 atom stereocenters. The molecule has 0 aromatic heterocycles. The normalized spacial score (nSPS) is 10.7. The van der Waals surface area contributed by atoms with E-state index in [1.807, 2.05) is 0 Å². The lowest BCUT2D eigenvalue weighted by atomic mass is 10.0. The molecule has 0 saturated carbocycles. The SMILES string of the molecule is COC(=O)c1c(C#N)cccc1C(F)(F)F. The van der Waals surface area contributed by atoms with Crippen LogP contribution in [0, 0.1) is 11.3 Å². The maximum atomic E-state index is 12.5. The molecule has 1 aromatic rings. The number of esters is 1. The summed E-state index contributed by atoms with van der Waals surface area (Å²) in [5.41, 5.74) is -2.28. The van der Waals surface area contributed by atoms with E-state index in [0.717, 1.165) is 25.3 Å². The van der Waals surface area contributed by atoms with Crippen LogP contribution in [0.1, 0.15) is 21.5 Å². The van der Waals surface area contributed by atoms with E-state index < -0.39 is 23.3 Å². The lowest BCUT2D eigenvalue weighted by Crippen LogP contribution is -2.15. The monoisotopic (exact) mass is 229 g/mol. The summed E-state index contributed by atoms with van der Waals surface area (Å²) in [5, 5.41) is 8.63. The highest BCUT2D eigenvalue weighted by Crippen LogP contribution is 2.33. The Kier molecular flexibility index (Phi) is 3.18. The third-order valence-corrected chi connectivity index (χ3v) is 1.88. The van der Waals surface area contributed by atoms with Crippen molar-refractivity contribution in [2.75, 3.05) is 7.11 Å². The summed E-state index contributed by atoms with van der Waals surface area (Å²) < 4.78 is 41.9. The van der Waals surface area contributed by atoms with E-state index in [9.17, 15) is 18.0 Å². The van der Waals surface area contributed by atoms with Crippen molar-refractivity contribution in [2.24, 2.45) is 0 Å². The van der Waals surface area contributed by atoms with Gasteiger partial charge < -0.3 is 4.74 Å². The van der Waals surface area contributed by atoms with Gasteiger partial charge in [0.2, 0.25) is 0 Å². The van der Waals surface area contributed by atoms with Crippen molar-refractivity contribution in [3.05, 3.63) is 34.9 Å². The first-order valence-electron chi connectivity index (χ1n) is 4.10. The molecule has 0 heterocycles. The number of carbonyl (C=O) groups excluding carboxylic acids is 1. The average Bonchev–Trinajstić information content (AvgIpc) is 2.25. The zero-order chi connectivity index (χ0) is 12.3. The van der Waals surface area contributed by atoms with Gasteiger partial charge in [0.25, 0.3) is 0 Å². The molecule has 0 N–H and O–H groups in total. The molecule has 0 bridgehead atoms. The van der Waals surface area contributed by atoms with Gasteiger partial charge in [-0.05, 0) is 12.1 Å². The Bertz CT molecular complexity index is 460. The number of rotatable bonds is 1. The van der Waals surface area contributed by atoms with Gasteiger partial charge in [0, 0.05) is 0 Å². The predicted octanol–water partition coefficient (Wildman–Crippen LogP) is 2.36. The summed E-state index contributed by atoms with van der Waals surface area (Å²) in [7, 11) is 0.955. The molecule has 0 amide bonds. The molecule has 16 heavy (non-hydrogen) atoms. The number of hydrogen-bond acceptors (Lipinski definition) is 3. The quantitative estimate of drug-likeness (QED) is 0.694. The minimum atomic E-state index is -4.70. The molecule has 1 rings (SSSR count). The molecular weight excluding hydrogens is 223 g/mol. The van der Waals surface area contributed by atoms with Crippen LogP contribution in [0.25, 0.3) is 0 Å². The molecular formula is C10H6F3NO2. The first-order valence-corrected chi connectivity index (χ1v) is 4.10. The zero-order valence-corrected chi connectivity index (χ0v) is 8.13. The largest absolute Gasteiger partial charge is 0.465 e. The molecule has 0 radical (unpaired) electrons. The molecule has 0 aliphatic heterocycles. The number of hydrogen-bond donors (Lipinski definition) is 0. The summed E-state index contributed by atoms with van der Waals surface area (Å²) in [5.74, 6) is -1.18. The van der Waals surface area contributed by atoms with Gasteiger partial charge in [0.05, 0.1) is 23.8 Å². The van der Waals surface area contributed by atoms with Crippen molar-refractivity contribution in [3.63, 3.8) is 0 Å². The van der Waals surface area contributed by atoms with Crippen LogP contribution in [0.3, 0.4) is 0 Å². The van der Waals surface area contributed by atoms with Crippen LogP contribution >= 0.6 is 0 Å². The summed E-state index contributed by atoms with van der Waals surface area (Å²) >= 11 is 0. The van der Waals surface area contributed by atoms with Crippen LogP contribution in [-0.4, -0.2) is 13.1 Å². The first kappa shape index (κ1) is 12.0. The Labute approximate surface area is 89.1 Å². The maximum Gasteiger partial charge on any atom is 0.417 e. The van der Waals surface area contributed by atoms with Gasteiger partial charge in [-0.25, -0.2) is 4.79 Å². The van der Waals surface area contributed by atoms with Crippen molar-refractivity contribution in [1.82, 2.24) is 0 Å². The van der Waals surface area contributed by atoms with Gasteiger partial charge in [-0.3, -0.25) is 0 Å². The fourth-order valence-electron chi connectivity index (χ4n) is 1.20. The molecule has 0 aliphatic carbocycles. The van der Waals surface area contributed by atoms with E-state index in [1.54, 1.807) is 0 Å². The highest BCUT2D eigenvalue weighted by Gasteiger charge is 2.36. The Morgan fingerprint density at radius 2 is 2.06 bits per heavy atom. The van der Waals surface area contributed by atoms with Crippen molar-refractivity contribution in [3.8, 4) is 6.07 Å². The topological polar surface area (TPSA) is 50.1 Å². The number of benzene rings is 1. The highest BCUT2D eigenvalue weighted by atomic mass is 19.4. The Morgan fingerprint density at radius 3 is 2.50 bits per heavy atom. The van der Waals surface area contributed by atoms with Crippen molar-refractivity contribution in [2.45, 2.75) is 6.18 Å². The number of nitriles is 1. The van der Waals surface area contributed by atoms with E-state index in [4.69, 9.17) is 5.26 Å². The number of carbonyl (C=O) groups is 1. The van der Waals surface area contributed by atoms with Crippen molar-refractivity contribution >= 4 is 5.97 Å². The average molecular weight is 229 g/mol. The second kappa shape index (κ2) is 4.23. The van der Waals surface area contributed by atoms with Gasteiger partial charge in [-0.2, -0.15) is 18.4 Å². The standard InChI is InChI=1S/C10H6F3NO2/c1-16-9(15)8-6(5-14)3-2-4-7(8)10(11,12)13/h2-4H,1H3. The number of methoxy groups -OCH3 is 1. The summed E-state index contributed by atoms with van der Waals surface area (Å²) in [6.07, 6.45) is -4.70. The zero-order valence-electron chi connectivity index (χ0n) is 8.13. The van der Waals surface area contributed by atoms with Gasteiger partial charge in [0.15, 0.2) is 0 Å². The fraction of sp³-hybridized carbons (Fsp3) is 0.200. The molecule has 1 aromatic carbocycles. The highest BCUT2D eigenvalue weighted by molar-refractivity contribution is 5.94. The van der Waals surface area contributed by atoms with Gasteiger partial charge in [0.1, 0.15) is 6.07 Å². The summed E-state index contributed by atoms with van der Waals surface area (Å²) in [4.78, 5) is 11.2. The Hall–Kier alpha value is -2.03. The molecule has 0 saturated heterocycles. The second-order valence-corrected chi connectivity index (χ2v) is 2.83. The van der Waals surface area contributed by atoms with Crippen LogP contribution in [0.2, 0.25) is 0 Å². The van der Waals surface area contributed by atoms with Crippen LogP contribution < -0.4 is 0 Å². The van der Waals surface area contributed by atoms with E-state index in [0.29, 0.717) is 0 Å². The van der Waals surface area contributed by atoms with E-state index in [1.165, 1.54) is 6.07 Å². The maximum absolute atomic E-state index is 12.5. The fourth-order valence-corrected chi connectivity index (χ4v) is 1.20. The minimum absolute atomic E-state index is 0.360. The third-order valence-electron chi connectivity index (χ3n) is 1.88. The van der Waals surface area contributed by atoms with E-state index in [-0.39, 0.29) is 5.56 Å². The third kappa shape index (κ3) is 2.14. The molecule has 3 nitrogen and oxygen atoms in total. The van der Waals surface area contributed by atoms with Crippen LogP contribution in [0.5, 0.6) is 0 Å². The summed E-state index contributed by atoms with van der Waals surface area (Å²) in [6, 6.07) is 4.44. The van der Waals surface area contributed by atoms with Crippen LogP contribution in [-0.2, 0) is 10.9 Å². The minimum Gasteiger partial charge on any atom is -0.465 e. The molecule has 0 spiro atoms. The van der Waals surface area contributed by atoms with Gasteiger partial charge in [-0.15, -0.1) is 0 Å². The molecule has 6 heteroatoms. The lowest BCUT2D eigenvalue weighted by molar-refractivity contribution is -0.138. The Balaban J connectivity index is 3.52. The number of halogens is 3. The number of nitrogens with zero attached hydrogens (tertiary/aromatic N) is 1.